The number of amides is 1. The first-order valence-electron chi connectivity index (χ1n) is 7.31. The monoisotopic (exact) mass is 418 g/mol. The Balaban J connectivity index is 1.78. The van der Waals surface area contributed by atoms with Crippen molar-refractivity contribution in [2.75, 3.05) is 11.1 Å². The molecule has 26 heavy (non-hydrogen) atoms. The van der Waals surface area contributed by atoms with Crippen LogP contribution in [0.4, 0.5) is 15.9 Å². The minimum atomic E-state index is -0.693. The third-order valence-electron chi connectivity index (χ3n) is 3.28. The summed E-state index contributed by atoms with van der Waals surface area (Å²) in [5, 5.41) is 2.46. The molecule has 0 bridgehead atoms. The number of anilines is 2. The summed E-state index contributed by atoms with van der Waals surface area (Å²) in [5.74, 6) is -0.836. The quantitative estimate of drug-likeness (QED) is 0.601. The van der Waals surface area contributed by atoms with Gasteiger partial charge in [-0.05, 0) is 40.2 Å². The Labute approximate surface area is 155 Å². The second-order valence-electron chi connectivity index (χ2n) is 5.18. The van der Waals surface area contributed by atoms with Crippen molar-refractivity contribution in [1.82, 2.24) is 9.97 Å². The van der Waals surface area contributed by atoms with Gasteiger partial charge in [0.2, 0.25) is 0 Å². The topological polar surface area (TPSA) is 110 Å². The van der Waals surface area contributed by atoms with Crippen LogP contribution in [0.25, 0.3) is 0 Å². The Hall–Kier alpha value is -3.20. The van der Waals surface area contributed by atoms with Crippen LogP contribution in [0.2, 0.25) is 0 Å². The number of halogens is 2. The van der Waals surface area contributed by atoms with E-state index in [0.29, 0.717) is 10.2 Å². The Morgan fingerprint density at radius 1 is 1.27 bits per heavy atom. The van der Waals surface area contributed by atoms with Crippen LogP contribution in [0, 0.1) is 5.82 Å². The maximum atomic E-state index is 14.2. The van der Waals surface area contributed by atoms with E-state index in [9.17, 15) is 14.0 Å². The van der Waals surface area contributed by atoms with Gasteiger partial charge in [-0.3, -0.25) is 9.59 Å². The summed E-state index contributed by atoms with van der Waals surface area (Å²) < 4.78 is 20.2. The number of nitrogen functional groups attached to an aromatic ring is 1. The molecule has 0 fully saturated rings. The highest BCUT2D eigenvalue weighted by molar-refractivity contribution is 9.10. The predicted octanol–water partition coefficient (Wildman–Crippen LogP) is 3.30. The van der Waals surface area contributed by atoms with Crippen LogP contribution in [0.1, 0.15) is 10.4 Å². The number of benzene rings is 1. The van der Waals surface area contributed by atoms with E-state index in [4.69, 9.17) is 10.5 Å². The lowest BCUT2D eigenvalue weighted by Gasteiger charge is -2.09. The highest BCUT2D eigenvalue weighted by Crippen LogP contribution is 2.27. The first-order chi connectivity index (χ1) is 12.4. The summed E-state index contributed by atoms with van der Waals surface area (Å²) in [6, 6.07) is 8.25. The van der Waals surface area contributed by atoms with Gasteiger partial charge >= 0.3 is 0 Å². The van der Waals surface area contributed by atoms with Crippen molar-refractivity contribution in [1.29, 1.82) is 0 Å². The fourth-order valence-corrected chi connectivity index (χ4v) is 2.45. The standard InChI is InChI=1S/C17H12BrFN4O3/c18-9-5-12(16(24)22-8-9)17(25)23-10-1-2-14(13(19)6-10)26-11-3-4-21-15(20)7-11/h1-8H,(H2,20,21)(H,22,24)(H,23,25). The van der Waals surface area contributed by atoms with Crippen LogP contribution in [0.15, 0.2) is 58.1 Å². The zero-order valence-electron chi connectivity index (χ0n) is 13.1. The van der Waals surface area contributed by atoms with Crippen LogP contribution >= 0.6 is 15.9 Å². The number of hydrogen-bond acceptors (Lipinski definition) is 5. The molecule has 2 aromatic heterocycles. The van der Waals surface area contributed by atoms with E-state index in [1.807, 2.05) is 0 Å². The van der Waals surface area contributed by atoms with Crippen LogP contribution in [-0.4, -0.2) is 15.9 Å². The van der Waals surface area contributed by atoms with Crippen LogP contribution < -0.4 is 21.3 Å². The molecular formula is C17H12BrFN4O3. The molecule has 132 valence electrons. The molecule has 0 aliphatic rings. The summed E-state index contributed by atoms with van der Waals surface area (Å²) in [4.78, 5) is 30.1. The van der Waals surface area contributed by atoms with Crippen LogP contribution in [-0.2, 0) is 0 Å². The summed E-state index contributed by atoms with van der Waals surface area (Å²) in [6.45, 7) is 0. The van der Waals surface area contributed by atoms with E-state index in [0.717, 1.165) is 6.07 Å². The number of aromatic amines is 1. The zero-order chi connectivity index (χ0) is 18.7. The van der Waals surface area contributed by atoms with Crippen molar-refractivity contribution >= 4 is 33.3 Å². The lowest BCUT2D eigenvalue weighted by molar-refractivity contribution is 0.102. The molecule has 0 spiro atoms. The van der Waals surface area contributed by atoms with Crippen molar-refractivity contribution in [3.63, 3.8) is 0 Å². The average molecular weight is 419 g/mol. The molecule has 0 radical (unpaired) electrons. The largest absolute Gasteiger partial charge is 0.454 e. The number of H-pyrrole nitrogens is 1. The molecular weight excluding hydrogens is 407 g/mol. The number of hydrogen-bond donors (Lipinski definition) is 3. The molecule has 1 amide bonds. The van der Waals surface area contributed by atoms with E-state index in [1.165, 1.54) is 42.7 Å². The van der Waals surface area contributed by atoms with E-state index >= 15 is 0 Å². The number of ether oxygens (including phenoxy) is 1. The number of carbonyl (C=O) groups excluding carboxylic acids is 1. The van der Waals surface area contributed by atoms with Crippen molar-refractivity contribution in [2.24, 2.45) is 0 Å². The Morgan fingerprint density at radius 2 is 2.08 bits per heavy atom. The minimum Gasteiger partial charge on any atom is -0.454 e. The van der Waals surface area contributed by atoms with Gasteiger partial charge in [-0.2, -0.15) is 0 Å². The van der Waals surface area contributed by atoms with Crippen molar-refractivity contribution in [3.8, 4) is 11.5 Å². The van der Waals surface area contributed by atoms with Crippen molar-refractivity contribution in [3.05, 3.63) is 75.0 Å². The minimum absolute atomic E-state index is 0.0473. The second kappa shape index (κ2) is 7.36. The summed E-state index contributed by atoms with van der Waals surface area (Å²) in [7, 11) is 0. The van der Waals surface area contributed by atoms with Crippen molar-refractivity contribution < 1.29 is 13.9 Å². The fraction of sp³-hybridized carbons (Fsp3) is 0. The first kappa shape index (κ1) is 17.6. The Kier molecular flexibility index (Phi) is 4.99. The third kappa shape index (κ3) is 4.06. The zero-order valence-corrected chi connectivity index (χ0v) is 14.7. The fourth-order valence-electron chi connectivity index (χ4n) is 2.10. The number of nitrogens with zero attached hydrogens (tertiary/aromatic N) is 1. The maximum Gasteiger partial charge on any atom is 0.261 e. The molecule has 0 aliphatic heterocycles. The first-order valence-corrected chi connectivity index (χ1v) is 8.10. The van der Waals surface area contributed by atoms with E-state index in [2.05, 4.69) is 31.2 Å². The van der Waals surface area contributed by atoms with Gasteiger partial charge in [-0.1, -0.05) is 0 Å². The predicted molar refractivity (Wildman–Crippen MR) is 97.8 cm³/mol. The number of nitrogens with two attached hydrogens (primary N) is 1. The van der Waals surface area contributed by atoms with Gasteiger partial charge in [-0.25, -0.2) is 9.37 Å². The molecule has 9 heteroatoms. The lowest BCUT2D eigenvalue weighted by atomic mass is 10.2. The Bertz CT molecular complexity index is 1040. The maximum absolute atomic E-state index is 14.2. The lowest BCUT2D eigenvalue weighted by Crippen LogP contribution is -2.22. The summed E-state index contributed by atoms with van der Waals surface area (Å²) >= 11 is 3.17. The summed E-state index contributed by atoms with van der Waals surface area (Å²) in [5.41, 5.74) is 5.06. The molecule has 0 unspecified atom stereocenters. The number of rotatable bonds is 4. The number of carbonyl (C=O) groups is 1. The normalized spacial score (nSPS) is 10.4. The highest BCUT2D eigenvalue weighted by atomic mass is 79.9. The SMILES string of the molecule is Nc1cc(Oc2ccc(NC(=O)c3cc(Br)c[nH]c3=O)cc2F)ccn1. The van der Waals surface area contributed by atoms with E-state index in [-0.39, 0.29) is 22.8 Å². The average Bonchev–Trinajstić information content (AvgIpc) is 2.59. The molecule has 7 nitrogen and oxygen atoms in total. The van der Waals surface area contributed by atoms with E-state index < -0.39 is 17.3 Å². The number of aromatic nitrogens is 2. The van der Waals surface area contributed by atoms with Gasteiger partial charge in [0.05, 0.1) is 0 Å². The molecule has 3 aromatic rings. The summed E-state index contributed by atoms with van der Waals surface area (Å²) in [6.07, 6.45) is 2.85. The van der Waals surface area contributed by atoms with Crippen molar-refractivity contribution in [2.45, 2.75) is 0 Å². The molecule has 0 atom stereocenters. The molecule has 0 saturated carbocycles. The van der Waals surface area contributed by atoms with Gasteiger partial charge in [0.1, 0.15) is 17.1 Å². The van der Waals surface area contributed by atoms with Crippen LogP contribution in [0.3, 0.4) is 0 Å². The van der Waals surface area contributed by atoms with Crippen LogP contribution in [0.5, 0.6) is 11.5 Å². The van der Waals surface area contributed by atoms with Gasteiger partial charge in [0, 0.05) is 34.7 Å². The smallest absolute Gasteiger partial charge is 0.261 e. The molecule has 2 heterocycles. The molecule has 3 rings (SSSR count). The molecule has 0 aliphatic carbocycles. The van der Waals surface area contributed by atoms with Gasteiger partial charge in [0.25, 0.3) is 11.5 Å². The van der Waals surface area contributed by atoms with Gasteiger partial charge in [-0.15, -0.1) is 0 Å². The second-order valence-corrected chi connectivity index (χ2v) is 6.09. The molecule has 1 aromatic carbocycles. The molecule has 4 N–H and O–H groups in total. The molecule has 0 saturated heterocycles. The number of nitrogens with one attached hydrogen (secondary N) is 2. The van der Waals surface area contributed by atoms with Gasteiger partial charge in [0.15, 0.2) is 11.6 Å². The third-order valence-corrected chi connectivity index (χ3v) is 3.74. The highest BCUT2D eigenvalue weighted by Gasteiger charge is 2.13. The number of pyridine rings is 2. The Morgan fingerprint density at radius 3 is 2.81 bits per heavy atom. The van der Waals surface area contributed by atoms with E-state index in [1.54, 1.807) is 0 Å². The van der Waals surface area contributed by atoms with Gasteiger partial charge < -0.3 is 20.8 Å².